The van der Waals surface area contributed by atoms with Gasteiger partial charge in [-0.2, -0.15) is 0 Å². The van der Waals surface area contributed by atoms with Gasteiger partial charge in [0.15, 0.2) is 0 Å². The maximum Gasteiger partial charge on any atom is 0.232 e. The van der Waals surface area contributed by atoms with Gasteiger partial charge in [0.1, 0.15) is 6.42 Å². The zero-order valence-electron chi connectivity index (χ0n) is 24.7. The highest BCUT2D eigenvalue weighted by atomic mass is 16.2. The Kier molecular flexibility index (Phi) is 9.26. The van der Waals surface area contributed by atoms with Crippen LogP contribution >= 0.6 is 0 Å². The van der Waals surface area contributed by atoms with E-state index in [2.05, 4.69) is 107 Å². The van der Waals surface area contributed by atoms with Crippen LogP contribution in [-0.4, -0.2) is 83.8 Å². The molecule has 2 aliphatic rings. The lowest BCUT2D eigenvalue weighted by Gasteiger charge is -2.41. The average Bonchev–Trinajstić information content (AvgIpc) is 3.07. The van der Waals surface area contributed by atoms with Crippen molar-refractivity contribution in [3.8, 4) is 0 Å². The van der Waals surface area contributed by atoms with Crippen LogP contribution < -0.4 is 0 Å². The topological polar surface area (TPSA) is 47.1 Å². The number of amides is 2. The lowest BCUT2D eigenvalue weighted by Crippen LogP contribution is -2.52. The number of piperazine rings is 2. The van der Waals surface area contributed by atoms with Crippen molar-refractivity contribution in [3.63, 3.8) is 0 Å². The standard InChI is InChI=1S/C37H40N4O2/c42-34(38-21-25-40(26-22-38)36(30-13-5-1-6-14-30)31-15-7-2-8-16-31)29-35(43)39-23-27-41(28-24-39)37(32-17-9-3-10-18-32)33-19-11-4-12-20-33/h1-20,36-37H,21-29H2. The molecule has 0 aromatic heterocycles. The number of carbonyl (C=O) groups is 2. The minimum atomic E-state index is -0.0606. The van der Waals surface area contributed by atoms with Gasteiger partial charge in [0.2, 0.25) is 11.8 Å². The van der Waals surface area contributed by atoms with Crippen LogP contribution in [-0.2, 0) is 9.59 Å². The Morgan fingerprint density at radius 2 is 0.674 bits per heavy atom. The lowest BCUT2D eigenvalue weighted by molar-refractivity contribution is -0.142. The summed E-state index contributed by atoms with van der Waals surface area (Å²) in [5, 5.41) is 0. The van der Waals surface area contributed by atoms with E-state index in [-0.39, 0.29) is 30.3 Å². The third-order valence-electron chi connectivity index (χ3n) is 8.83. The molecule has 0 radical (unpaired) electrons. The molecule has 0 saturated carbocycles. The molecule has 0 spiro atoms. The van der Waals surface area contributed by atoms with E-state index in [4.69, 9.17) is 0 Å². The summed E-state index contributed by atoms with van der Waals surface area (Å²) < 4.78 is 0. The van der Waals surface area contributed by atoms with Crippen molar-refractivity contribution < 1.29 is 9.59 Å². The second kappa shape index (κ2) is 13.8. The summed E-state index contributed by atoms with van der Waals surface area (Å²) in [4.78, 5) is 35.2. The highest BCUT2D eigenvalue weighted by molar-refractivity contribution is 5.97. The molecule has 2 saturated heterocycles. The van der Waals surface area contributed by atoms with Gasteiger partial charge in [0, 0.05) is 52.4 Å². The first-order valence-electron chi connectivity index (χ1n) is 15.4. The minimum Gasteiger partial charge on any atom is -0.340 e. The Bertz CT molecular complexity index is 1260. The van der Waals surface area contributed by atoms with E-state index in [0.717, 1.165) is 26.2 Å². The van der Waals surface area contributed by atoms with Crippen molar-refractivity contribution >= 4 is 11.8 Å². The molecular weight excluding hydrogens is 532 g/mol. The summed E-state index contributed by atoms with van der Waals surface area (Å²) in [7, 11) is 0. The zero-order valence-corrected chi connectivity index (χ0v) is 24.7. The van der Waals surface area contributed by atoms with Crippen LogP contribution in [0.3, 0.4) is 0 Å². The van der Waals surface area contributed by atoms with Crippen LogP contribution in [0.4, 0.5) is 0 Å². The first-order valence-corrected chi connectivity index (χ1v) is 15.4. The van der Waals surface area contributed by atoms with Gasteiger partial charge in [0.05, 0.1) is 12.1 Å². The first-order chi connectivity index (χ1) is 21.2. The average molecular weight is 573 g/mol. The fourth-order valence-electron chi connectivity index (χ4n) is 6.58. The fraction of sp³-hybridized carbons (Fsp3) is 0.297. The molecule has 6 heteroatoms. The summed E-state index contributed by atoms with van der Waals surface area (Å²) in [5.41, 5.74) is 5.02. The van der Waals surface area contributed by atoms with E-state index in [9.17, 15) is 9.59 Å². The summed E-state index contributed by atoms with van der Waals surface area (Å²) in [6.45, 7) is 5.61. The predicted octanol–water partition coefficient (Wildman–Crippen LogP) is 5.24. The van der Waals surface area contributed by atoms with Gasteiger partial charge in [-0.25, -0.2) is 0 Å². The highest BCUT2D eigenvalue weighted by Crippen LogP contribution is 2.31. The van der Waals surface area contributed by atoms with Crippen molar-refractivity contribution in [1.29, 1.82) is 0 Å². The third kappa shape index (κ3) is 6.87. The normalized spacial score (nSPS) is 16.5. The van der Waals surface area contributed by atoms with Crippen LogP contribution in [0.15, 0.2) is 121 Å². The summed E-state index contributed by atoms with van der Waals surface area (Å²) >= 11 is 0. The van der Waals surface area contributed by atoms with E-state index in [1.165, 1.54) is 22.3 Å². The number of hydrogen-bond donors (Lipinski definition) is 0. The molecule has 43 heavy (non-hydrogen) atoms. The number of hydrogen-bond acceptors (Lipinski definition) is 4. The SMILES string of the molecule is O=C(CC(=O)N1CCN(C(c2ccccc2)c2ccccc2)CC1)N1CCN(C(c2ccccc2)c2ccccc2)CC1. The molecule has 2 heterocycles. The van der Waals surface area contributed by atoms with Crippen molar-refractivity contribution in [1.82, 2.24) is 19.6 Å². The smallest absolute Gasteiger partial charge is 0.232 e. The largest absolute Gasteiger partial charge is 0.340 e. The summed E-state index contributed by atoms with van der Waals surface area (Å²) in [6.07, 6.45) is -0.0540. The molecule has 0 N–H and O–H groups in total. The number of benzene rings is 4. The molecule has 6 nitrogen and oxygen atoms in total. The van der Waals surface area contributed by atoms with Crippen molar-refractivity contribution in [2.45, 2.75) is 18.5 Å². The van der Waals surface area contributed by atoms with Crippen LogP contribution in [0, 0.1) is 0 Å². The fourth-order valence-corrected chi connectivity index (χ4v) is 6.58. The number of nitrogens with zero attached hydrogens (tertiary/aromatic N) is 4. The molecular formula is C37H40N4O2. The van der Waals surface area contributed by atoms with E-state index < -0.39 is 0 Å². The Labute approximate surface area is 255 Å². The Balaban J connectivity index is 1.03. The minimum absolute atomic E-state index is 0.0540. The second-order valence-electron chi connectivity index (χ2n) is 11.5. The molecule has 4 aromatic rings. The second-order valence-corrected chi connectivity index (χ2v) is 11.5. The molecule has 2 aliphatic heterocycles. The van der Waals surface area contributed by atoms with Crippen LogP contribution in [0.1, 0.15) is 40.8 Å². The molecule has 6 rings (SSSR count). The molecule has 0 atom stereocenters. The van der Waals surface area contributed by atoms with Crippen molar-refractivity contribution in [3.05, 3.63) is 144 Å². The Morgan fingerprint density at radius 3 is 0.930 bits per heavy atom. The van der Waals surface area contributed by atoms with Gasteiger partial charge in [0.25, 0.3) is 0 Å². The third-order valence-corrected chi connectivity index (χ3v) is 8.83. The Hall–Kier alpha value is -4.26. The predicted molar refractivity (Wildman–Crippen MR) is 170 cm³/mol. The van der Waals surface area contributed by atoms with Crippen LogP contribution in [0.25, 0.3) is 0 Å². The van der Waals surface area contributed by atoms with Gasteiger partial charge in [-0.05, 0) is 22.3 Å². The van der Waals surface area contributed by atoms with E-state index in [1.807, 2.05) is 34.1 Å². The molecule has 220 valence electrons. The molecule has 0 unspecified atom stereocenters. The van der Waals surface area contributed by atoms with E-state index in [1.54, 1.807) is 0 Å². The molecule has 2 amide bonds. The van der Waals surface area contributed by atoms with Gasteiger partial charge in [-0.1, -0.05) is 121 Å². The maximum atomic E-state index is 13.3. The first kappa shape index (κ1) is 28.8. The van der Waals surface area contributed by atoms with Crippen LogP contribution in [0.5, 0.6) is 0 Å². The maximum absolute atomic E-state index is 13.3. The summed E-state index contributed by atoms with van der Waals surface area (Å²) in [5.74, 6) is -0.121. The quantitative estimate of drug-likeness (QED) is 0.271. The van der Waals surface area contributed by atoms with E-state index in [0.29, 0.717) is 26.2 Å². The van der Waals surface area contributed by atoms with E-state index >= 15 is 0 Å². The van der Waals surface area contributed by atoms with Gasteiger partial charge >= 0.3 is 0 Å². The number of rotatable bonds is 8. The monoisotopic (exact) mass is 572 g/mol. The summed E-state index contributed by atoms with van der Waals surface area (Å²) in [6, 6.07) is 42.6. The molecule has 2 fully saturated rings. The van der Waals surface area contributed by atoms with Gasteiger partial charge < -0.3 is 9.80 Å². The highest BCUT2D eigenvalue weighted by Gasteiger charge is 2.32. The zero-order chi connectivity index (χ0) is 29.4. The number of carbonyl (C=O) groups excluding carboxylic acids is 2. The van der Waals surface area contributed by atoms with Crippen LogP contribution in [0.2, 0.25) is 0 Å². The van der Waals surface area contributed by atoms with Gasteiger partial charge in [-0.3, -0.25) is 19.4 Å². The molecule has 0 bridgehead atoms. The van der Waals surface area contributed by atoms with Crippen molar-refractivity contribution in [2.75, 3.05) is 52.4 Å². The van der Waals surface area contributed by atoms with Crippen molar-refractivity contribution in [2.24, 2.45) is 0 Å². The molecule has 4 aromatic carbocycles. The molecule has 0 aliphatic carbocycles. The van der Waals surface area contributed by atoms with Gasteiger partial charge in [-0.15, -0.1) is 0 Å². The Morgan fingerprint density at radius 1 is 0.419 bits per heavy atom. The lowest BCUT2D eigenvalue weighted by atomic mass is 9.96.